The highest BCUT2D eigenvalue weighted by Gasteiger charge is 2.19. The van der Waals surface area contributed by atoms with Gasteiger partial charge in [-0.05, 0) is 83.5 Å². The second-order valence-corrected chi connectivity index (χ2v) is 18.1. The van der Waals surface area contributed by atoms with Crippen molar-refractivity contribution in [3.63, 3.8) is 0 Å². The molecule has 0 aliphatic carbocycles. The second kappa shape index (κ2) is 53.5. The van der Waals surface area contributed by atoms with Crippen LogP contribution in [0.3, 0.4) is 0 Å². The number of unbranched alkanes of at least 4 members (excludes halogenated alkanes) is 26. The van der Waals surface area contributed by atoms with Crippen LogP contribution in [0.1, 0.15) is 265 Å². The van der Waals surface area contributed by atoms with Crippen LogP contribution in [0.15, 0.2) is 72.9 Å². The number of allylic oxidation sites excluding steroid dienone is 12. The van der Waals surface area contributed by atoms with Crippen LogP contribution >= 0.6 is 0 Å². The van der Waals surface area contributed by atoms with Gasteiger partial charge in [0, 0.05) is 19.3 Å². The molecular weight excluding hydrogens is 805 g/mol. The lowest BCUT2D eigenvalue weighted by atomic mass is 10.1. The topological polar surface area (TPSA) is 78.9 Å². The van der Waals surface area contributed by atoms with E-state index in [-0.39, 0.29) is 31.1 Å². The Morgan fingerprint density at radius 2 is 0.615 bits per heavy atom. The third-order valence-electron chi connectivity index (χ3n) is 11.7. The van der Waals surface area contributed by atoms with Crippen molar-refractivity contribution in [2.75, 3.05) is 13.2 Å². The third-order valence-corrected chi connectivity index (χ3v) is 11.7. The van der Waals surface area contributed by atoms with Gasteiger partial charge in [0.2, 0.25) is 0 Å². The molecule has 0 N–H and O–H groups in total. The summed E-state index contributed by atoms with van der Waals surface area (Å²) in [5.41, 5.74) is 0. The molecule has 374 valence electrons. The Kier molecular flexibility index (Phi) is 50.9. The van der Waals surface area contributed by atoms with Crippen LogP contribution in [0.5, 0.6) is 0 Å². The summed E-state index contributed by atoms with van der Waals surface area (Å²) in [4.78, 5) is 38.0. The van der Waals surface area contributed by atoms with Crippen molar-refractivity contribution in [2.24, 2.45) is 0 Å². The van der Waals surface area contributed by atoms with Gasteiger partial charge >= 0.3 is 17.9 Å². The Bertz CT molecular complexity index is 1230. The Morgan fingerprint density at radius 1 is 0.323 bits per heavy atom. The molecule has 6 heteroatoms. The number of carbonyl (C=O) groups is 3. The molecule has 0 bridgehead atoms. The first kappa shape index (κ1) is 61.9. The van der Waals surface area contributed by atoms with Gasteiger partial charge in [-0.2, -0.15) is 0 Å². The van der Waals surface area contributed by atoms with E-state index in [0.29, 0.717) is 19.3 Å². The van der Waals surface area contributed by atoms with Gasteiger partial charge in [-0.15, -0.1) is 0 Å². The minimum Gasteiger partial charge on any atom is -0.462 e. The lowest BCUT2D eigenvalue weighted by molar-refractivity contribution is -0.167. The van der Waals surface area contributed by atoms with Crippen molar-refractivity contribution in [1.29, 1.82) is 0 Å². The third kappa shape index (κ3) is 51.7. The molecule has 0 spiro atoms. The number of rotatable bonds is 49. The molecule has 0 rings (SSSR count). The monoisotopic (exact) mass is 907 g/mol. The molecule has 0 saturated carbocycles. The van der Waals surface area contributed by atoms with Crippen molar-refractivity contribution in [3.8, 4) is 0 Å². The van der Waals surface area contributed by atoms with Gasteiger partial charge < -0.3 is 14.2 Å². The molecule has 0 aromatic rings. The zero-order valence-electron chi connectivity index (χ0n) is 42.7. The van der Waals surface area contributed by atoms with Crippen LogP contribution in [-0.2, 0) is 28.6 Å². The largest absolute Gasteiger partial charge is 0.462 e. The minimum absolute atomic E-state index is 0.0804. The molecular formula is C59H102O6. The Hall–Kier alpha value is -3.15. The van der Waals surface area contributed by atoms with Crippen molar-refractivity contribution in [3.05, 3.63) is 72.9 Å². The van der Waals surface area contributed by atoms with Crippen LogP contribution in [0.4, 0.5) is 0 Å². The maximum atomic E-state index is 12.8. The number of ether oxygens (including phenoxy) is 3. The quantitative estimate of drug-likeness (QED) is 0.0262. The summed E-state index contributed by atoms with van der Waals surface area (Å²) < 4.78 is 16.8. The molecule has 0 radical (unpaired) electrons. The zero-order valence-corrected chi connectivity index (χ0v) is 42.7. The van der Waals surface area contributed by atoms with E-state index < -0.39 is 6.10 Å². The molecule has 1 unspecified atom stereocenters. The van der Waals surface area contributed by atoms with Crippen LogP contribution in [-0.4, -0.2) is 37.2 Å². The first-order chi connectivity index (χ1) is 32.0. The van der Waals surface area contributed by atoms with Gasteiger partial charge in [0.05, 0.1) is 0 Å². The first-order valence-corrected chi connectivity index (χ1v) is 27.4. The number of hydrogen-bond donors (Lipinski definition) is 0. The van der Waals surface area contributed by atoms with E-state index in [0.717, 1.165) is 109 Å². The van der Waals surface area contributed by atoms with Gasteiger partial charge in [-0.25, -0.2) is 0 Å². The Labute approximate surface area is 402 Å². The molecule has 0 aromatic carbocycles. The van der Waals surface area contributed by atoms with Crippen molar-refractivity contribution < 1.29 is 28.6 Å². The van der Waals surface area contributed by atoms with Crippen LogP contribution in [0.25, 0.3) is 0 Å². The average Bonchev–Trinajstić information content (AvgIpc) is 3.30. The average molecular weight is 907 g/mol. The molecule has 0 fully saturated rings. The highest BCUT2D eigenvalue weighted by atomic mass is 16.6. The molecule has 0 saturated heterocycles. The fraction of sp³-hybridized carbons (Fsp3) is 0.746. The maximum absolute atomic E-state index is 12.8. The minimum atomic E-state index is -0.781. The molecule has 0 aromatic heterocycles. The smallest absolute Gasteiger partial charge is 0.306 e. The molecule has 0 amide bonds. The SMILES string of the molecule is CC/C=C\C/C=C\C/C=C\C/C=C\CCCCCCCCCCCCC(=O)OCC(COC(=O)CCCCCCCCCCCC)OC(=O)CCCCCCC/C=C\C/C=C\CCCC. The Morgan fingerprint density at radius 3 is 0.985 bits per heavy atom. The van der Waals surface area contributed by atoms with Crippen LogP contribution in [0, 0.1) is 0 Å². The molecule has 65 heavy (non-hydrogen) atoms. The Balaban J connectivity index is 4.28. The molecule has 0 aliphatic rings. The van der Waals surface area contributed by atoms with Crippen molar-refractivity contribution in [2.45, 2.75) is 271 Å². The predicted molar refractivity (Wildman–Crippen MR) is 279 cm³/mol. The van der Waals surface area contributed by atoms with Crippen LogP contribution in [0.2, 0.25) is 0 Å². The summed E-state index contributed by atoms with van der Waals surface area (Å²) in [5.74, 6) is -0.896. The van der Waals surface area contributed by atoms with Crippen molar-refractivity contribution in [1.82, 2.24) is 0 Å². The van der Waals surface area contributed by atoms with Gasteiger partial charge in [0.1, 0.15) is 13.2 Å². The van der Waals surface area contributed by atoms with E-state index in [1.54, 1.807) is 0 Å². The summed E-state index contributed by atoms with van der Waals surface area (Å²) in [6.07, 6.45) is 67.5. The fourth-order valence-electron chi connectivity index (χ4n) is 7.57. The summed E-state index contributed by atoms with van der Waals surface area (Å²) in [6, 6.07) is 0. The van der Waals surface area contributed by atoms with E-state index in [2.05, 4.69) is 93.7 Å². The highest BCUT2D eigenvalue weighted by molar-refractivity contribution is 5.71. The molecule has 6 nitrogen and oxygen atoms in total. The molecule has 1 atom stereocenters. The number of hydrogen-bond acceptors (Lipinski definition) is 6. The molecule has 0 heterocycles. The fourth-order valence-corrected chi connectivity index (χ4v) is 7.57. The van der Waals surface area contributed by atoms with Gasteiger partial charge in [-0.3, -0.25) is 14.4 Å². The highest BCUT2D eigenvalue weighted by Crippen LogP contribution is 2.15. The number of carbonyl (C=O) groups excluding carboxylic acids is 3. The first-order valence-electron chi connectivity index (χ1n) is 27.4. The van der Waals surface area contributed by atoms with E-state index in [1.807, 2.05) is 0 Å². The normalized spacial score (nSPS) is 12.6. The summed E-state index contributed by atoms with van der Waals surface area (Å²) in [7, 11) is 0. The lowest BCUT2D eigenvalue weighted by Gasteiger charge is -2.18. The van der Waals surface area contributed by atoms with Gasteiger partial charge in [0.15, 0.2) is 6.10 Å². The zero-order chi connectivity index (χ0) is 47.2. The summed E-state index contributed by atoms with van der Waals surface area (Å²) in [6.45, 7) is 6.47. The lowest BCUT2D eigenvalue weighted by Crippen LogP contribution is -2.30. The van der Waals surface area contributed by atoms with Gasteiger partial charge in [0.25, 0.3) is 0 Å². The predicted octanol–water partition coefficient (Wildman–Crippen LogP) is 18.2. The second-order valence-electron chi connectivity index (χ2n) is 18.1. The molecule has 0 aliphatic heterocycles. The van der Waals surface area contributed by atoms with Crippen LogP contribution < -0.4 is 0 Å². The standard InChI is InChI=1S/C59H102O6/c1-4-7-10-13-16-19-22-24-26-27-28-29-30-31-32-33-34-36-37-40-43-46-49-52-58(61)64-55-56(54-63-57(60)51-48-45-42-39-21-18-15-12-9-6-3)65-59(62)53-50-47-44-41-38-35-25-23-20-17-14-11-8-5-2/h7,10,14,16-17,19,23-26,28-29,56H,4-6,8-9,11-13,15,18,20-22,27,30-55H2,1-3H3/b10-7-,17-14-,19-16-,25-23-,26-24-,29-28-. The van der Waals surface area contributed by atoms with Gasteiger partial charge in [-0.1, -0.05) is 235 Å². The maximum Gasteiger partial charge on any atom is 0.306 e. The van der Waals surface area contributed by atoms with E-state index in [1.165, 1.54) is 116 Å². The summed E-state index contributed by atoms with van der Waals surface area (Å²) >= 11 is 0. The van der Waals surface area contributed by atoms with E-state index in [9.17, 15) is 14.4 Å². The van der Waals surface area contributed by atoms with E-state index in [4.69, 9.17) is 14.2 Å². The summed E-state index contributed by atoms with van der Waals surface area (Å²) in [5, 5.41) is 0. The number of esters is 3. The van der Waals surface area contributed by atoms with E-state index >= 15 is 0 Å². The van der Waals surface area contributed by atoms with Crippen molar-refractivity contribution >= 4 is 17.9 Å².